The lowest BCUT2D eigenvalue weighted by Crippen LogP contribution is -2.17. The number of benzene rings is 3. The molecule has 0 aliphatic heterocycles. The van der Waals surface area contributed by atoms with Gasteiger partial charge in [-0.2, -0.15) is 5.26 Å². The summed E-state index contributed by atoms with van der Waals surface area (Å²) in [5.41, 5.74) is 5.11. The molecule has 0 heterocycles. The van der Waals surface area contributed by atoms with Crippen molar-refractivity contribution >= 4 is 0 Å². The van der Waals surface area contributed by atoms with E-state index in [1.807, 2.05) is 36.4 Å². The highest BCUT2D eigenvalue weighted by Crippen LogP contribution is 2.28. The van der Waals surface area contributed by atoms with Gasteiger partial charge in [-0.1, -0.05) is 48.5 Å². The Morgan fingerprint density at radius 2 is 1.46 bits per heavy atom. The predicted octanol–water partition coefficient (Wildman–Crippen LogP) is 4.87. The molecule has 4 heteroatoms. The highest BCUT2D eigenvalue weighted by molar-refractivity contribution is 5.70. The highest BCUT2D eigenvalue weighted by atomic mass is 16.5. The number of nitriles is 1. The van der Waals surface area contributed by atoms with Crippen LogP contribution in [0.25, 0.3) is 11.1 Å². The van der Waals surface area contributed by atoms with E-state index in [2.05, 4.69) is 48.3 Å². The van der Waals surface area contributed by atoms with Crippen LogP contribution in [0.2, 0.25) is 0 Å². The Labute approximate surface area is 166 Å². The molecular weight excluding hydrogens is 348 g/mol. The standard InChI is InChI=1S/C24H24N2O2/c1-26(17-19-10-13-23(27-2)24(14-19)28-3)16-18-8-11-20(12-9-18)22-7-5-4-6-21(22)15-25/h4-14H,16-17H2,1-3H3. The fourth-order valence-electron chi connectivity index (χ4n) is 3.28. The van der Waals surface area contributed by atoms with E-state index in [-0.39, 0.29) is 0 Å². The van der Waals surface area contributed by atoms with E-state index in [1.165, 1.54) is 11.1 Å². The summed E-state index contributed by atoms with van der Waals surface area (Å²) in [4.78, 5) is 2.25. The number of rotatable bonds is 7. The average Bonchev–Trinajstić information content (AvgIpc) is 2.74. The monoisotopic (exact) mass is 372 g/mol. The molecule has 0 bridgehead atoms. The van der Waals surface area contributed by atoms with E-state index in [0.29, 0.717) is 5.56 Å². The molecule has 0 saturated heterocycles. The lowest BCUT2D eigenvalue weighted by molar-refractivity contribution is 0.316. The Morgan fingerprint density at radius 3 is 2.14 bits per heavy atom. The maximum absolute atomic E-state index is 9.29. The molecule has 0 aliphatic rings. The molecule has 0 radical (unpaired) electrons. The molecule has 0 saturated carbocycles. The lowest BCUT2D eigenvalue weighted by Gasteiger charge is -2.18. The zero-order chi connectivity index (χ0) is 19.9. The summed E-state index contributed by atoms with van der Waals surface area (Å²) < 4.78 is 10.7. The van der Waals surface area contributed by atoms with Crippen LogP contribution in [0.1, 0.15) is 16.7 Å². The van der Waals surface area contributed by atoms with Gasteiger partial charge in [0.05, 0.1) is 25.9 Å². The van der Waals surface area contributed by atoms with Crippen LogP contribution < -0.4 is 9.47 Å². The van der Waals surface area contributed by atoms with E-state index in [9.17, 15) is 5.26 Å². The van der Waals surface area contributed by atoms with Crippen molar-refractivity contribution in [3.8, 4) is 28.7 Å². The second-order valence-corrected chi connectivity index (χ2v) is 6.72. The fourth-order valence-corrected chi connectivity index (χ4v) is 3.28. The molecule has 0 fully saturated rings. The molecule has 28 heavy (non-hydrogen) atoms. The van der Waals surface area contributed by atoms with E-state index in [4.69, 9.17) is 9.47 Å². The van der Waals surface area contributed by atoms with Gasteiger partial charge in [0.15, 0.2) is 11.5 Å². The third-order valence-corrected chi connectivity index (χ3v) is 4.67. The van der Waals surface area contributed by atoms with Gasteiger partial charge < -0.3 is 9.47 Å². The SMILES string of the molecule is COc1ccc(CN(C)Cc2ccc(-c3ccccc3C#N)cc2)cc1OC. The number of hydrogen-bond acceptors (Lipinski definition) is 4. The summed E-state index contributed by atoms with van der Waals surface area (Å²) in [6.45, 7) is 1.63. The van der Waals surface area contributed by atoms with Crippen molar-refractivity contribution in [1.29, 1.82) is 5.26 Å². The molecule has 142 valence electrons. The zero-order valence-corrected chi connectivity index (χ0v) is 16.5. The fraction of sp³-hybridized carbons (Fsp3) is 0.208. The first-order chi connectivity index (χ1) is 13.6. The van der Waals surface area contributed by atoms with Crippen LogP contribution in [0.5, 0.6) is 11.5 Å². The topological polar surface area (TPSA) is 45.5 Å². The molecule has 0 aromatic heterocycles. The van der Waals surface area contributed by atoms with Gasteiger partial charge in [-0.15, -0.1) is 0 Å². The minimum absolute atomic E-state index is 0.695. The Morgan fingerprint density at radius 1 is 0.821 bits per heavy atom. The van der Waals surface area contributed by atoms with E-state index in [1.54, 1.807) is 14.2 Å². The number of nitrogens with zero attached hydrogens (tertiary/aromatic N) is 2. The molecule has 0 amide bonds. The van der Waals surface area contributed by atoms with Gasteiger partial charge in [-0.05, 0) is 47.5 Å². The molecule has 0 unspecified atom stereocenters. The Bertz CT molecular complexity index is 975. The van der Waals surface area contributed by atoms with E-state index < -0.39 is 0 Å². The molecule has 3 rings (SSSR count). The van der Waals surface area contributed by atoms with Crippen LogP contribution in [0.3, 0.4) is 0 Å². The number of hydrogen-bond donors (Lipinski definition) is 0. The predicted molar refractivity (Wildman–Crippen MR) is 111 cm³/mol. The van der Waals surface area contributed by atoms with Crippen LogP contribution in [-0.4, -0.2) is 26.2 Å². The van der Waals surface area contributed by atoms with Gasteiger partial charge in [-0.25, -0.2) is 0 Å². The first-order valence-corrected chi connectivity index (χ1v) is 9.12. The van der Waals surface area contributed by atoms with Gasteiger partial charge in [0.25, 0.3) is 0 Å². The first-order valence-electron chi connectivity index (χ1n) is 9.12. The van der Waals surface area contributed by atoms with Crippen molar-refractivity contribution in [2.24, 2.45) is 0 Å². The van der Waals surface area contributed by atoms with Crippen molar-refractivity contribution in [2.75, 3.05) is 21.3 Å². The van der Waals surface area contributed by atoms with Crippen molar-refractivity contribution in [3.63, 3.8) is 0 Å². The second kappa shape index (κ2) is 9.07. The smallest absolute Gasteiger partial charge is 0.161 e. The highest BCUT2D eigenvalue weighted by Gasteiger charge is 2.08. The Kier molecular flexibility index (Phi) is 6.31. The molecule has 0 aliphatic carbocycles. The van der Waals surface area contributed by atoms with Gasteiger partial charge in [0.2, 0.25) is 0 Å². The summed E-state index contributed by atoms with van der Waals surface area (Å²) in [5, 5.41) is 9.29. The molecule has 3 aromatic rings. The van der Waals surface area contributed by atoms with Crippen molar-refractivity contribution in [2.45, 2.75) is 13.1 Å². The van der Waals surface area contributed by atoms with Crippen LogP contribution in [0.15, 0.2) is 66.7 Å². The maximum atomic E-state index is 9.29. The summed E-state index contributed by atoms with van der Waals surface area (Å²) in [6, 6.07) is 24.3. The van der Waals surface area contributed by atoms with Gasteiger partial charge in [0.1, 0.15) is 0 Å². The molecule has 0 atom stereocenters. The summed E-state index contributed by atoms with van der Waals surface area (Å²) in [6.07, 6.45) is 0. The summed E-state index contributed by atoms with van der Waals surface area (Å²) in [5.74, 6) is 1.48. The first kappa shape index (κ1) is 19.5. The number of ether oxygens (including phenoxy) is 2. The third-order valence-electron chi connectivity index (χ3n) is 4.67. The lowest BCUT2D eigenvalue weighted by atomic mass is 9.99. The van der Waals surface area contributed by atoms with E-state index in [0.717, 1.165) is 35.7 Å². The summed E-state index contributed by atoms with van der Waals surface area (Å²) >= 11 is 0. The molecule has 0 N–H and O–H groups in total. The molecular formula is C24H24N2O2. The third kappa shape index (κ3) is 4.51. The second-order valence-electron chi connectivity index (χ2n) is 6.72. The van der Waals surface area contributed by atoms with Gasteiger partial charge in [-0.3, -0.25) is 4.90 Å². The van der Waals surface area contributed by atoms with E-state index >= 15 is 0 Å². The maximum Gasteiger partial charge on any atom is 0.161 e. The Balaban J connectivity index is 1.68. The normalized spacial score (nSPS) is 10.5. The van der Waals surface area contributed by atoms with Crippen LogP contribution in [0.4, 0.5) is 0 Å². The van der Waals surface area contributed by atoms with Crippen molar-refractivity contribution < 1.29 is 9.47 Å². The van der Waals surface area contributed by atoms with Crippen LogP contribution >= 0.6 is 0 Å². The largest absolute Gasteiger partial charge is 0.493 e. The minimum atomic E-state index is 0.695. The number of methoxy groups -OCH3 is 2. The quantitative estimate of drug-likeness (QED) is 0.593. The summed E-state index contributed by atoms with van der Waals surface area (Å²) in [7, 11) is 5.38. The van der Waals surface area contributed by atoms with Gasteiger partial charge >= 0.3 is 0 Å². The van der Waals surface area contributed by atoms with Gasteiger partial charge in [0, 0.05) is 13.1 Å². The molecule has 4 nitrogen and oxygen atoms in total. The van der Waals surface area contributed by atoms with Crippen LogP contribution in [-0.2, 0) is 13.1 Å². The molecule has 0 spiro atoms. The minimum Gasteiger partial charge on any atom is -0.493 e. The van der Waals surface area contributed by atoms with Crippen molar-refractivity contribution in [1.82, 2.24) is 4.90 Å². The van der Waals surface area contributed by atoms with Crippen LogP contribution in [0, 0.1) is 11.3 Å². The van der Waals surface area contributed by atoms with Crippen molar-refractivity contribution in [3.05, 3.63) is 83.4 Å². The Hall–Kier alpha value is -3.29. The molecule has 3 aromatic carbocycles. The zero-order valence-electron chi connectivity index (χ0n) is 16.5. The average molecular weight is 372 g/mol.